The molecule has 0 radical (unpaired) electrons. The zero-order valence-electron chi connectivity index (χ0n) is 66.2. The highest BCUT2D eigenvalue weighted by Gasteiger charge is 2.30. The summed E-state index contributed by atoms with van der Waals surface area (Å²) in [6.07, 6.45) is 63.8. The number of carbonyl (C=O) groups excluding carboxylic acids is 4. The molecule has 0 aliphatic carbocycles. The van der Waals surface area contributed by atoms with E-state index in [-0.39, 0.29) is 25.7 Å². The minimum atomic E-state index is -4.96. The predicted molar refractivity (Wildman–Crippen MR) is 414 cm³/mol. The van der Waals surface area contributed by atoms with Gasteiger partial charge < -0.3 is 33.8 Å². The van der Waals surface area contributed by atoms with Gasteiger partial charge in [0, 0.05) is 25.7 Å². The number of hydrogen-bond donors (Lipinski definition) is 3. The van der Waals surface area contributed by atoms with E-state index in [1.54, 1.807) is 0 Å². The van der Waals surface area contributed by atoms with Crippen LogP contribution in [0.2, 0.25) is 0 Å². The summed E-state index contributed by atoms with van der Waals surface area (Å²) in [6.45, 7) is 9.63. The van der Waals surface area contributed by atoms with Gasteiger partial charge in [-0.25, -0.2) is 9.13 Å². The van der Waals surface area contributed by atoms with Crippen LogP contribution in [0.25, 0.3) is 0 Å². The lowest BCUT2D eigenvalue weighted by molar-refractivity contribution is -0.161. The van der Waals surface area contributed by atoms with E-state index in [1.165, 1.54) is 250 Å². The smallest absolute Gasteiger partial charge is 0.462 e. The summed E-state index contributed by atoms with van der Waals surface area (Å²) < 4.78 is 68.8. The van der Waals surface area contributed by atoms with Crippen molar-refractivity contribution < 1.29 is 80.2 Å². The van der Waals surface area contributed by atoms with Gasteiger partial charge in [0.2, 0.25) is 0 Å². The van der Waals surface area contributed by atoms with Crippen molar-refractivity contribution >= 4 is 39.5 Å². The number of unbranched alkanes of at least 4 members (excludes halogenated alkanes) is 51. The second-order valence-electron chi connectivity index (χ2n) is 30.5. The molecular formula is C82H160O17P2. The molecule has 0 heterocycles. The molecule has 3 N–H and O–H groups in total. The Hall–Kier alpha value is -1.94. The number of phosphoric acid groups is 2. The number of phosphoric ester groups is 2. The molecule has 0 aliphatic heterocycles. The van der Waals surface area contributed by atoms with E-state index in [0.29, 0.717) is 25.7 Å². The Kier molecular flexibility index (Phi) is 72.2. The summed E-state index contributed by atoms with van der Waals surface area (Å²) in [6, 6.07) is 0. The van der Waals surface area contributed by atoms with E-state index in [9.17, 15) is 43.2 Å². The number of rotatable bonds is 81. The first-order chi connectivity index (χ1) is 48.9. The highest BCUT2D eigenvalue weighted by molar-refractivity contribution is 7.47. The third-order valence-corrected chi connectivity index (χ3v) is 21.1. The highest BCUT2D eigenvalue weighted by atomic mass is 31.2. The van der Waals surface area contributed by atoms with Crippen LogP contribution in [0.1, 0.15) is 433 Å². The molecule has 0 amide bonds. The number of hydrogen-bond acceptors (Lipinski definition) is 15. The topological polar surface area (TPSA) is 237 Å². The fourth-order valence-corrected chi connectivity index (χ4v) is 14.3. The van der Waals surface area contributed by atoms with Crippen molar-refractivity contribution in [2.75, 3.05) is 39.6 Å². The summed E-state index contributed by atoms with van der Waals surface area (Å²) in [5.74, 6) is -0.597. The molecule has 0 aromatic heterocycles. The summed E-state index contributed by atoms with van der Waals surface area (Å²) in [5.41, 5.74) is 0. The van der Waals surface area contributed by atoms with Crippen molar-refractivity contribution in [3.8, 4) is 0 Å². The number of ether oxygens (including phenoxy) is 4. The maximum Gasteiger partial charge on any atom is 0.472 e. The molecular weight excluding hydrogens is 1320 g/mol. The average molecular weight is 1480 g/mol. The van der Waals surface area contributed by atoms with Gasteiger partial charge >= 0.3 is 39.5 Å². The zero-order chi connectivity index (χ0) is 74.2. The van der Waals surface area contributed by atoms with Crippen molar-refractivity contribution in [2.45, 2.75) is 452 Å². The van der Waals surface area contributed by atoms with Gasteiger partial charge in [-0.05, 0) is 37.5 Å². The predicted octanol–water partition coefficient (Wildman–Crippen LogP) is 24.7. The molecule has 5 atom stereocenters. The van der Waals surface area contributed by atoms with Crippen LogP contribution in [0.15, 0.2) is 0 Å². The average Bonchev–Trinajstić information content (AvgIpc) is 0.924. The van der Waals surface area contributed by atoms with E-state index in [2.05, 4.69) is 41.5 Å². The number of carbonyl (C=O) groups is 4. The number of aliphatic hydroxyl groups excluding tert-OH is 1. The Morgan fingerprint density at radius 2 is 0.455 bits per heavy atom. The van der Waals surface area contributed by atoms with Crippen molar-refractivity contribution in [2.24, 2.45) is 11.8 Å². The largest absolute Gasteiger partial charge is 0.472 e. The molecule has 0 saturated carbocycles. The molecule has 0 spiro atoms. The highest BCUT2D eigenvalue weighted by Crippen LogP contribution is 2.45. The van der Waals surface area contributed by atoms with Crippen LogP contribution in [0.5, 0.6) is 0 Å². The van der Waals surface area contributed by atoms with Gasteiger partial charge in [-0.15, -0.1) is 0 Å². The van der Waals surface area contributed by atoms with E-state index >= 15 is 0 Å². The van der Waals surface area contributed by atoms with Gasteiger partial charge in [0.1, 0.15) is 19.3 Å². The summed E-state index contributed by atoms with van der Waals surface area (Å²) in [7, 11) is -9.92. The third-order valence-electron chi connectivity index (χ3n) is 19.2. The normalized spacial score (nSPS) is 13.9. The Morgan fingerprint density at radius 1 is 0.267 bits per heavy atom. The lowest BCUT2D eigenvalue weighted by Crippen LogP contribution is -2.30. The number of aliphatic hydroxyl groups is 1. The van der Waals surface area contributed by atoms with Crippen molar-refractivity contribution in [1.82, 2.24) is 0 Å². The molecule has 0 rings (SSSR count). The zero-order valence-corrected chi connectivity index (χ0v) is 68.0. The maximum absolute atomic E-state index is 13.1. The van der Waals surface area contributed by atoms with Crippen LogP contribution in [-0.2, 0) is 65.4 Å². The lowest BCUT2D eigenvalue weighted by Gasteiger charge is -2.21. The Bertz CT molecular complexity index is 1940. The van der Waals surface area contributed by atoms with Gasteiger partial charge in [0.05, 0.1) is 26.4 Å². The van der Waals surface area contributed by atoms with Gasteiger partial charge in [0.15, 0.2) is 12.2 Å². The summed E-state index contributed by atoms with van der Waals surface area (Å²) in [5, 5.41) is 10.7. The molecule has 600 valence electrons. The first kappa shape index (κ1) is 99.1. The molecule has 0 aliphatic rings. The molecule has 101 heavy (non-hydrogen) atoms. The Balaban J connectivity index is 5.26. The van der Waals surface area contributed by atoms with E-state index in [4.69, 9.17) is 37.0 Å². The molecule has 17 nitrogen and oxygen atoms in total. The van der Waals surface area contributed by atoms with Gasteiger partial charge in [-0.2, -0.15) is 0 Å². The Morgan fingerprint density at radius 3 is 0.673 bits per heavy atom. The van der Waals surface area contributed by atoms with Gasteiger partial charge in [-0.1, -0.05) is 382 Å². The molecule has 0 saturated heterocycles. The lowest BCUT2D eigenvalue weighted by atomic mass is 10.0. The van der Waals surface area contributed by atoms with Crippen molar-refractivity contribution in [3.63, 3.8) is 0 Å². The van der Waals surface area contributed by atoms with Crippen LogP contribution in [0.3, 0.4) is 0 Å². The standard InChI is InChI=1S/C82H160O17P2/c1-7-9-11-13-15-17-19-21-23-25-27-29-31-35-41-48-54-60-66-81(86)98-77(70-92-79(84)64-58-52-46-40-34-30-28-26-24-22-20-18-16-14-12-10-8-2)72-96-100(88,89)94-68-76(83)69-95-101(90,91)97-73-78(71-93-80(85)65-59-53-47-43-37-39-45-51-57-63-75(5)6)99-82(87)67-61-55-49-42-36-32-33-38-44-50-56-62-74(3)4/h74-78,83H,7-73H2,1-6H3,(H,88,89)(H,90,91)/t76-,77-,78-/m1/s1. The molecule has 19 heteroatoms. The second kappa shape index (κ2) is 73.6. The first-order valence-corrected chi connectivity index (χ1v) is 45.5. The first-order valence-electron chi connectivity index (χ1n) is 42.5. The molecule has 0 aromatic carbocycles. The fourth-order valence-electron chi connectivity index (χ4n) is 12.7. The van der Waals surface area contributed by atoms with Crippen molar-refractivity contribution in [3.05, 3.63) is 0 Å². The SMILES string of the molecule is CCCCCCCCCCCCCCCCCCCCC(=O)O[C@H](COC(=O)CCCCCCCCCCCCCCCCCCC)COP(=O)(O)OC[C@@H](O)COP(=O)(O)OC[C@@H](COC(=O)CCCCCCCCCCCC(C)C)OC(=O)CCCCCCCCCCCCCC(C)C. The van der Waals surface area contributed by atoms with Crippen LogP contribution >= 0.6 is 15.6 Å². The molecule has 0 bridgehead atoms. The quantitative estimate of drug-likeness (QED) is 0.0222. The van der Waals surface area contributed by atoms with Crippen LogP contribution in [-0.4, -0.2) is 96.7 Å². The van der Waals surface area contributed by atoms with Gasteiger partial charge in [-0.3, -0.25) is 37.3 Å². The molecule has 2 unspecified atom stereocenters. The third kappa shape index (κ3) is 76.1. The minimum Gasteiger partial charge on any atom is -0.462 e. The van der Waals surface area contributed by atoms with E-state index < -0.39 is 97.5 Å². The van der Waals surface area contributed by atoms with Crippen molar-refractivity contribution in [1.29, 1.82) is 0 Å². The summed E-state index contributed by atoms with van der Waals surface area (Å²) in [4.78, 5) is 73.1. The molecule has 0 aromatic rings. The maximum atomic E-state index is 13.1. The summed E-state index contributed by atoms with van der Waals surface area (Å²) >= 11 is 0. The number of esters is 4. The van der Waals surface area contributed by atoms with Crippen LogP contribution in [0, 0.1) is 11.8 Å². The molecule has 0 fully saturated rings. The van der Waals surface area contributed by atoms with Gasteiger partial charge in [0.25, 0.3) is 0 Å². The minimum absolute atomic E-state index is 0.106. The fraction of sp³-hybridized carbons (Fsp3) is 0.951. The van der Waals surface area contributed by atoms with Crippen LogP contribution < -0.4 is 0 Å². The van der Waals surface area contributed by atoms with E-state index in [0.717, 1.165) is 102 Å². The van der Waals surface area contributed by atoms with E-state index in [1.807, 2.05) is 0 Å². The van der Waals surface area contributed by atoms with Crippen LogP contribution in [0.4, 0.5) is 0 Å². The monoisotopic (exact) mass is 1480 g/mol. The second-order valence-corrected chi connectivity index (χ2v) is 33.4. The Labute approximate surface area is 619 Å².